The van der Waals surface area contributed by atoms with Crippen LogP contribution >= 0.6 is 12.2 Å². The number of nitrogens with one attached hydrogen (secondary N) is 1. The fourth-order valence-corrected chi connectivity index (χ4v) is 3.30. The maximum absolute atomic E-state index is 5.70. The van der Waals surface area contributed by atoms with E-state index < -0.39 is 0 Å². The predicted molar refractivity (Wildman–Crippen MR) is 94.0 cm³/mol. The lowest BCUT2D eigenvalue weighted by molar-refractivity contribution is 0.259. The van der Waals surface area contributed by atoms with E-state index in [9.17, 15) is 0 Å². The third kappa shape index (κ3) is 3.54. The van der Waals surface area contributed by atoms with Gasteiger partial charge in [-0.05, 0) is 63.5 Å². The molecule has 0 aliphatic carbocycles. The highest BCUT2D eigenvalue weighted by molar-refractivity contribution is 7.80. The second kappa shape index (κ2) is 7.10. The van der Waals surface area contributed by atoms with E-state index >= 15 is 0 Å². The standard InChI is InChI=1S/C17H22N4OS/c1-20(2)10-6-11-21-16(14-8-5-12-22-14)15(19-17(21)23)13-7-3-4-9-18-13/h3-5,7-9,12,15-16H,6,10-11H2,1-2H3,(H,19,23)/t15-,16+/m1/s1. The Morgan fingerprint density at radius 3 is 2.83 bits per heavy atom. The molecule has 2 aromatic rings. The van der Waals surface area contributed by atoms with Gasteiger partial charge >= 0.3 is 0 Å². The Labute approximate surface area is 142 Å². The van der Waals surface area contributed by atoms with Crippen molar-refractivity contribution >= 4 is 17.3 Å². The average Bonchev–Trinajstić information content (AvgIpc) is 3.16. The van der Waals surface area contributed by atoms with E-state index in [-0.39, 0.29) is 12.1 Å². The Kier molecular flexibility index (Phi) is 4.93. The lowest BCUT2D eigenvalue weighted by atomic mass is 10.0. The molecular weight excluding hydrogens is 308 g/mol. The first kappa shape index (κ1) is 16.0. The number of pyridine rings is 1. The van der Waals surface area contributed by atoms with Crippen LogP contribution in [0.2, 0.25) is 0 Å². The van der Waals surface area contributed by atoms with Crippen LogP contribution in [0.15, 0.2) is 47.2 Å². The van der Waals surface area contributed by atoms with Gasteiger partial charge in [-0.15, -0.1) is 0 Å². The van der Waals surface area contributed by atoms with Crippen molar-refractivity contribution in [2.24, 2.45) is 0 Å². The van der Waals surface area contributed by atoms with E-state index in [2.05, 4.69) is 34.2 Å². The van der Waals surface area contributed by atoms with Crippen LogP contribution < -0.4 is 5.32 Å². The monoisotopic (exact) mass is 330 g/mol. The molecule has 0 spiro atoms. The first-order valence-electron chi connectivity index (χ1n) is 7.83. The molecule has 3 rings (SSSR count). The van der Waals surface area contributed by atoms with Crippen molar-refractivity contribution in [3.63, 3.8) is 0 Å². The first-order chi connectivity index (χ1) is 11.2. The molecule has 1 aliphatic heterocycles. The van der Waals surface area contributed by atoms with Gasteiger partial charge < -0.3 is 19.5 Å². The van der Waals surface area contributed by atoms with E-state index in [0.717, 1.165) is 36.1 Å². The molecule has 0 bridgehead atoms. The van der Waals surface area contributed by atoms with Crippen molar-refractivity contribution < 1.29 is 4.42 Å². The highest BCUT2D eigenvalue weighted by Gasteiger charge is 2.40. The van der Waals surface area contributed by atoms with E-state index in [4.69, 9.17) is 16.6 Å². The van der Waals surface area contributed by atoms with Gasteiger partial charge in [-0.3, -0.25) is 4.98 Å². The number of rotatable bonds is 6. The zero-order valence-electron chi connectivity index (χ0n) is 13.5. The summed E-state index contributed by atoms with van der Waals surface area (Å²) in [6.07, 6.45) is 4.57. The molecule has 0 unspecified atom stereocenters. The third-order valence-corrected chi connectivity index (χ3v) is 4.39. The Hall–Kier alpha value is -1.92. The summed E-state index contributed by atoms with van der Waals surface area (Å²) in [5.41, 5.74) is 0.978. The number of aromatic nitrogens is 1. The zero-order valence-corrected chi connectivity index (χ0v) is 14.3. The Bertz CT molecular complexity index is 629. The summed E-state index contributed by atoms with van der Waals surface area (Å²) in [6.45, 7) is 1.91. The summed E-state index contributed by atoms with van der Waals surface area (Å²) in [6, 6.07) is 9.93. The maximum atomic E-state index is 5.70. The molecule has 122 valence electrons. The molecule has 0 radical (unpaired) electrons. The number of thiocarbonyl (C=S) groups is 1. The highest BCUT2D eigenvalue weighted by atomic mass is 32.1. The molecule has 6 heteroatoms. The Balaban J connectivity index is 1.85. The average molecular weight is 330 g/mol. The molecule has 2 atom stereocenters. The second-order valence-electron chi connectivity index (χ2n) is 5.99. The topological polar surface area (TPSA) is 44.5 Å². The van der Waals surface area contributed by atoms with Crippen LogP contribution in [0.4, 0.5) is 0 Å². The Morgan fingerprint density at radius 2 is 2.17 bits per heavy atom. The summed E-state index contributed by atoms with van der Waals surface area (Å²) >= 11 is 5.58. The Morgan fingerprint density at radius 1 is 1.30 bits per heavy atom. The summed E-state index contributed by atoms with van der Waals surface area (Å²) in [5, 5.41) is 4.18. The van der Waals surface area contributed by atoms with Crippen LogP contribution in [-0.4, -0.2) is 47.1 Å². The fourth-order valence-electron chi connectivity index (χ4n) is 2.97. The van der Waals surface area contributed by atoms with Gasteiger partial charge in [0.2, 0.25) is 0 Å². The van der Waals surface area contributed by atoms with Crippen molar-refractivity contribution in [1.29, 1.82) is 0 Å². The molecule has 5 nitrogen and oxygen atoms in total. The summed E-state index contributed by atoms with van der Waals surface area (Å²) in [5.74, 6) is 0.915. The SMILES string of the molecule is CN(C)CCCN1C(=S)N[C@H](c2ccccn2)[C@@H]1c1ccco1. The molecule has 1 N–H and O–H groups in total. The number of nitrogens with zero attached hydrogens (tertiary/aromatic N) is 3. The first-order valence-corrected chi connectivity index (χ1v) is 8.24. The van der Waals surface area contributed by atoms with Crippen molar-refractivity contribution in [1.82, 2.24) is 20.1 Å². The smallest absolute Gasteiger partial charge is 0.170 e. The van der Waals surface area contributed by atoms with E-state index in [0.29, 0.717) is 0 Å². The normalized spacial score (nSPS) is 21.0. The maximum Gasteiger partial charge on any atom is 0.170 e. The number of hydrogen-bond acceptors (Lipinski definition) is 4. The van der Waals surface area contributed by atoms with Crippen molar-refractivity contribution in [3.05, 3.63) is 54.2 Å². The number of furan rings is 1. The summed E-state index contributed by atoms with van der Waals surface area (Å²) in [7, 11) is 4.17. The lowest BCUT2D eigenvalue weighted by Crippen LogP contribution is -2.32. The van der Waals surface area contributed by atoms with Crippen molar-refractivity contribution in [3.8, 4) is 0 Å². The van der Waals surface area contributed by atoms with Gasteiger partial charge in [0.25, 0.3) is 0 Å². The van der Waals surface area contributed by atoms with E-state index in [1.807, 2.05) is 36.5 Å². The van der Waals surface area contributed by atoms with Gasteiger partial charge in [0.05, 0.1) is 18.0 Å². The van der Waals surface area contributed by atoms with Crippen LogP contribution in [0.5, 0.6) is 0 Å². The molecule has 23 heavy (non-hydrogen) atoms. The molecule has 1 saturated heterocycles. The minimum Gasteiger partial charge on any atom is -0.467 e. The predicted octanol–water partition coefficient (Wildman–Crippen LogP) is 2.60. The fraction of sp³-hybridized carbons (Fsp3) is 0.412. The van der Waals surface area contributed by atoms with Gasteiger partial charge in [0.1, 0.15) is 11.8 Å². The molecule has 3 heterocycles. The summed E-state index contributed by atoms with van der Waals surface area (Å²) in [4.78, 5) is 8.90. The zero-order chi connectivity index (χ0) is 16.2. The largest absolute Gasteiger partial charge is 0.467 e. The minimum atomic E-state index is 0.00852. The van der Waals surface area contributed by atoms with Crippen LogP contribution in [0.1, 0.15) is 30.0 Å². The minimum absolute atomic E-state index is 0.00852. The second-order valence-corrected chi connectivity index (χ2v) is 6.38. The van der Waals surface area contributed by atoms with Gasteiger partial charge in [-0.1, -0.05) is 6.07 Å². The third-order valence-electron chi connectivity index (χ3n) is 4.04. The van der Waals surface area contributed by atoms with Crippen molar-refractivity contribution in [2.75, 3.05) is 27.2 Å². The molecule has 1 fully saturated rings. The van der Waals surface area contributed by atoms with E-state index in [1.54, 1.807) is 6.26 Å². The van der Waals surface area contributed by atoms with Gasteiger partial charge in [0.15, 0.2) is 5.11 Å². The molecule has 1 aliphatic rings. The number of hydrogen-bond donors (Lipinski definition) is 1. The lowest BCUT2D eigenvalue weighted by Gasteiger charge is -2.26. The van der Waals surface area contributed by atoms with Gasteiger partial charge in [-0.2, -0.15) is 0 Å². The molecule has 0 amide bonds. The molecule has 0 saturated carbocycles. The van der Waals surface area contributed by atoms with Crippen molar-refractivity contribution in [2.45, 2.75) is 18.5 Å². The molecular formula is C17H22N4OS. The van der Waals surface area contributed by atoms with Gasteiger partial charge in [0, 0.05) is 12.7 Å². The van der Waals surface area contributed by atoms with Crippen LogP contribution in [0.3, 0.4) is 0 Å². The summed E-state index contributed by atoms with van der Waals surface area (Å²) < 4.78 is 5.70. The molecule has 2 aromatic heterocycles. The van der Waals surface area contributed by atoms with E-state index in [1.165, 1.54) is 0 Å². The van der Waals surface area contributed by atoms with Crippen LogP contribution in [0, 0.1) is 0 Å². The molecule has 0 aromatic carbocycles. The van der Waals surface area contributed by atoms with Crippen LogP contribution in [-0.2, 0) is 0 Å². The quantitative estimate of drug-likeness (QED) is 0.822. The van der Waals surface area contributed by atoms with Gasteiger partial charge in [-0.25, -0.2) is 0 Å². The van der Waals surface area contributed by atoms with Crippen LogP contribution in [0.25, 0.3) is 0 Å². The highest BCUT2D eigenvalue weighted by Crippen LogP contribution is 2.38.